The van der Waals surface area contributed by atoms with E-state index in [9.17, 15) is 14.7 Å². The average Bonchev–Trinajstić information content (AvgIpc) is 2.73. The van der Waals surface area contributed by atoms with Crippen LogP contribution in [0.25, 0.3) is 0 Å². The van der Waals surface area contributed by atoms with E-state index in [2.05, 4.69) is 0 Å². The van der Waals surface area contributed by atoms with Crippen molar-refractivity contribution >= 4 is 11.9 Å². The molecule has 0 atom stereocenters. The maximum Gasteiger partial charge on any atom is 0.343 e. The number of carboxylic acids is 1. The standard InChI is InChI=1S/C26H28O5/c1-15-7-19(24(27)28)3-5-22(15)31-25(29)20-4-6-23(30-2)21(11-20)26-12-16-8-17(13-26)10-18(9-16)14-26/h3-7,11,16-18H,8-10,12-14H2,1-2H3,(H,27,28)/p-1. The van der Waals surface area contributed by atoms with Crippen LogP contribution in [0, 0.1) is 24.7 Å². The van der Waals surface area contributed by atoms with Crippen molar-refractivity contribution < 1.29 is 24.2 Å². The molecular formula is C26H27O5-. The SMILES string of the molecule is COc1ccc(C(=O)Oc2ccc(C(=O)[O-])cc2C)cc1C12CC3CC(CC(C3)C1)C2. The van der Waals surface area contributed by atoms with E-state index in [1.807, 2.05) is 12.1 Å². The van der Waals surface area contributed by atoms with Crippen LogP contribution >= 0.6 is 0 Å². The van der Waals surface area contributed by atoms with Crippen molar-refractivity contribution in [2.75, 3.05) is 7.11 Å². The van der Waals surface area contributed by atoms with Crippen LogP contribution in [0.2, 0.25) is 0 Å². The summed E-state index contributed by atoms with van der Waals surface area (Å²) in [4.78, 5) is 24.0. The number of rotatable bonds is 5. The summed E-state index contributed by atoms with van der Waals surface area (Å²) in [6.45, 7) is 1.71. The Kier molecular flexibility index (Phi) is 4.80. The molecule has 0 aromatic heterocycles. The molecular weight excluding hydrogens is 392 g/mol. The van der Waals surface area contributed by atoms with Gasteiger partial charge in [0.1, 0.15) is 11.5 Å². The van der Waals surface area contributed by atoms with E-state index in [4.69, 9.17) is 9.47 Å². The molecule has 0 heterocycles. The van der Waals surface area contributed by atoms with Gasteiger partial charge in [0.2, 0.25) is 0 Å². The molecule has 4 saturated carbocycles. The summed E-state index contributed by atoms with van der Waals surface area (Å²) in [5.74, 6) is 1.87. The van der Waals surface area contributed by atoms with Gasteiger partial charge in [0, 0.05) is 5.56 Å². The molecule has 4 aliphatic carbocycles. The first kappa shape index (κ1) is 20.1. The van der Waals surface area contributed by atoms with Crippen LogP contribution in [-0.2, 0) is 5.41 Å². The lowest BCUT2D eigenvalue weighted by Crippen LogP contribution is -2.48. The average molecular weight is 419 g/mol. The van der Waals surface area contributed by atoms with Crippen LogP contribution in [0.1, 0.15) is 70.4 Å². The summed E-state index contributed by atoms with van der Waals surface area (Å²) in [6, 6.07) is 9.94. The highest BCUT2D eigenvalue weighted by Crippen LogP contribution is 2.61. The zero-order chi connectivity index (χ0) is 21.8. The minimum Gasteiger partial charge on any atom is -0.545 e. The molecule has 0 saturated heterocycles. The van der Waals surface area contributed by atoms with Gasteiger partial charge in [-0.05, 0) is 116 Å². The maximum atomic E-state index is 13.0. The number of carboxylic acid groups (broad SMARTS) is 1. The van der Waals surface area contributed by atoms with Gasteiger partial charge < -0.3 is 19.4 Å². The monoisotopic (exact) mass is 419 g/mol. The predicted octanol–water partition coefficient (Wildman–Crippen LogP) is 4.05. The van der Waals surface area contributed by atoms with E-state index < -0.39 is 11.9 Å². The minimum atomic E-state index is -1.25. The summed E-state index contributed by atoms with van der Waals surface area (Å²) in [5, 5.41) is 11.0. The van der Waals surface area contributed by atoms with Gasteiger partial charge in [0.25, 0.3) is 0 Å². The number of aryl methyl sites for hydroxylation is 1. The van der Waals surface area contributed by atoms with Gasteiger partial charge in [0.05, 0.1) is 18.6 Å². The van der Waals surface area contributed by atoms with Crippen molar-refractivity contribution in [3.05, 3.63) is 58.7 Å². The van der Waals surface area contributed by atoms with Gasteiger partial charge in [-0.1, -0.05) is 0 Å². The molecule has 162 valence electrons. The number of esters is 1. The Labute approximate surface area is 182 Å². The topological polar surface area (TPSA) is 75.7 Å². The van der Waals surface area contributed by atoms with Gasteiger partial charge in [-0.3, -0.25) is 0 Å². The summed E-state index contributed by atoms with van der Waals surface area (Å²) in [5.41, 5.74) is 2.38. The van der Waals surface area contributed by atoms with Gasteiger partial charge in [0.15, 0.2) is 0 Å². The molecule has 0 radical (unpaired) electrons. The van der Waals surface area contributed by atoms with Crippen molar-refractivity contribution in [3.8, 4) is 11.5 Å². The fourth-order valence-corrected chi connectivity index (χ4v) is 6.74. The zero-order valence-electron chi connectivity index (χ0n) is 18.0. The number of hydrogen-bond acceptors (Lipinski definition) is 5. The van der Waals surface area contributed by atoms with Crippen LogP contribution in [0.3, 0.4) is 0 Å². The first-order chi connectivity index (χ1) is 14.9. The van der Waals surface area contributed by atoms with E-state index in [0.717, 1.165) is 29.1 Å². The fraction of sp³-hybridized carbons (Fsp3) is 0.462. The predicted molar refractivity (Wildman–Crippen MR) is 113 cm³/mol. The van der Waals surface area contributed by atoms with Crippen LogP contribution < -0.4 is 14.6 Å². The normalized spacial score (nSPS) is 28.4. The Morgan fingerprint density at radius 3 is 2.03 bits per heavy atom. The quantitative estimate of drug-likeness (QED) is 0.540. The van der Waals surface area contributed by atoms with Crippen molar-refractivity contribution in [1.29, 1.82) is 0 Å². The number of hydrogen-bond donors (Lipinski definition) is 0. The molecule has 2 aromatic carbocycles. The van der Waals surface area contributed by atoms with Gasteiger partial charge in [-0.25, -0.2) is 4.79 Å². The lowest BCUT2D eigenvalue weighted by Gasteiger charge is -2.57. The number of benzene rings is 2. The molecule has 0 amide bonds. The Balaban J connectivity index is 1.45. The molecule has 4 fully saturated rings. The third kappa shape index (κ3) is 3.50. The Bertz CT molecular complexity index is 1020. The molecule has 4 bridgehead atoms. The second kappa shape index (κ2) is 7.40. The van der Waals surface area contributed by atoms with Crippen molar-refractivity contribution in [2.45, 2.75) is 50.9 Å². The molecule has 6 rings (SSSR count). The van der Waals surface area contributed by atoms with E-state index in [1.165, 1.54) is 56.7 Å². The first-order valence-corrected chi connectivity index (χ1v) is 11.1. The van der Waals surface area contributed by atoms with Crippen LogP contribution in [-0.4, -0.2) is 19.0 Å². The molecule has 0 aliphatic heterocycles. The number of methoxy groups -OCH3 is 1. The number of aromatic carboxylic acids is 1. The molecule has 0 N–H and O–H groups in total. The fourth-order valence-electron chi connectivity index (χ4n) is 6.74. The molecule has 4 aliphatic rings. The van der Waals surface area contributed by atoms with Crippen LogP contribution in [0.4, 0.5) is 0 Å². The molecule has 5 nitrogen and oxygen atoms in total. The van der Waals surface area contributed by atoms with Gasteiger partial charge >= 0.3 is 5.97 Å². The van der Waals surface area contributed by atoms with E-state index in [-0.39, 0.29) is 11.0 Å². The smallest absolute Gasteiger partial charge is 0.343 e. The number of carbonyl (C=O) groups is 2. The molecule has 5 heteroatoms. The Morgan fingerprint density at radius 2 is 1.48 bits per heavy atom. The van der Waals surface area contributed by atoms with E-state index >= 15 is 0 Å². The van der Waals surface area contributed by atoms with Gasteiger partial charge in [-0.2, -0.15) is 0 Å². The largest absolute Gasteiger partial charge is 0.545 e. The highest BCUT2D eigenvalue weighted by Gasteiger charge is 2.52. The summed E-state index contributed by atoms with van der Waals surface area (Å²) >= 11 is 0. The molecule has 0 unspecified atom stereocenters. The van der Waals surface area contributed by atoms with Crippen molar-refractivity contribution in [1.82, 2.24) is 0 Å². The van der Waals surface area contributed by atoms with Crippen LogP contribution in [0.5, 0.6) is 11.5 Å². The van der Waals surface area contributed by atoms with E-state index in [1.54, 1.807) is 20.1 Å². The second-order valence-electron chi connectivity index (χ2n) is 9.77. The van der Waals surface area contributed by atoms with E-state index in [0.29, 0.717) is 16.9 Å². The number of carbonyl (C=O) groups excluding carboxylic acids is 2. The molecule has 31 heavy (non-hydrogen) atoms. The highest BCUT2D eigenvalue weighted by molar-refractivity contribution is 5.92. The molecule has 0 spiro atoms. The van der Waals surface area contributed by atoms with Crippen molar-refractivity contribution in [3.63, 3.8) is 0 Å². The Hall–Kier alpha value is -2.82. The second-order valence-corrected chi connectivity index (χ2v) is 9.77. The third-order valence-electron chi connectivity index (χ3n) is 7.66. The maximum absolute atomic E-state index is 13.0. The first-order valence-electron chi connectivity index (χ1n) is 11.1. The van der Waals surface area contributed by atoms with Crippen LogP contribution in [0.15, 0.2) is 36.4 Å². The third-order valence-corrected chi connectivity index (χ3v) is 7.66. The lowest BCUT2D eigenvalue weighted by atomic mass is 9.48. The minimum absolute atomic E-state index is 0.0610. The lowest BCUT2D eigenvalue weighted by molar-refractivity contribution is -0.255. The zero-order valence-corrected chi connectivity index (χ0v) is 18.0. The highest BCUT2D eigenvalue weighted by atomic mass is 16.5. The molecule has 2 aromatic rings. The van der Waals surface area contributed by atoms with Gasteiger partial charge in [-0.15, -0.1) is 0 Å². The summed E-state index contributed by atoms with van der Waals surface area (Å²) in [7, 11) is 1.69. The summed E-state index contributed by atoms with van der Waals surface area (Å²) < 4.78 is 11.3. The Morgan fingerprint density at radius 1 is 0.903 bits per heavy atom. The van der Waals surface area contributed by atoms with Crippen molar-refractivity contribution in [2.24, 2.45) is 17.8 Å². The number of ether oxygens (including phenoxy) is 2. The summed E-state index contributed by atoms with van der Waals surface area (Å²) in [6.07, 6.45) is 7.59.